The highest BCUT2D eigenvalue weighted by atomic mass is 35.5. The number of carbonyl (C=O) groups is 5. The highest BCUT2D eigenvalue weighted by Gasteiger charge is 2.50. The molecule has 0 bridgehead atoms. The number of aromatic nitrogens is 15. The number of carbonyl (C=O) groups excluding carboxylic acids is 5. The number of likely N-dealkylation sites (tertiary alicyclic amines) is 1. The molecule has 0 radical (unpaired) electrons. The van der Waals surface area contributed by atoms with Gasteiger partial charge in [0.2, 0.25) is 0 Å². The Labute approximate surface area is 864 Å². The van der Waals surface area contributed by atoms with E-state index in [9.17, 15) is 45.9 Å². The molecular formula is C97H105ClF5N29O10S5. The second-order valence-corrected chi connectivity index (χ2v) is 41.2. The molecule has 0 aliphatic carbocycles. The second kappa shape index (κ2) is 47.9. The van der Waals surface area contributed by atoms with Crippen molar-refractivity contribution in [1.29, 1.82) is 0 Å². The summed E-state index contributed by atoms with van der Waals surface area (Å²) in [6.07, 6.45) is 10.9. The third-order valence-electron chi connectivity index (χ3n) is 23.5. The van der Waals surface area contributed by atoms with Crippen LogP contribution in [0.1, 0.15) is 127 Å². The van der Waals surface area contributed by atoms with Gasteiger partial charge in [0.1, 0.15) is 130 Å². The predicted octanol–water partition coefficient (Wildman–Crippen LogP) is 14.1. The zero-order chi connectivity index (χ0) is 103. The van der Waals surface area contributed by atoms with Crippen molar-refractivity contribution < 1.29 is 70.0 Å². The van der Waals surface area contributed by atoms with Gasteiger partial charge in [-0.2, -0.15) is 0 Å². The third-order valence-corrected chi connectivity index (χ3v) is 28.5. The van der Waals surface area contributed by atoms with Gasteiger partial charge in [0, 0.05) is 146 Å². The summed E-state index contributed by atoms with van der Waals surface area (Å²) in [4.78, 5) is 140. The lowest BCUT2D eigenvalue weighted by Gasteiger charge is -2.55. The van der Waals surface area contributed by atoms with Gasteiger partial charge in [-0.25, -0.2) is 96.7 Å². The zero-order valence-corrected chi connectivity index (χ0v) is 86.0. The van der Waals surface area contributed by atoms with E-state index in [0.29, 0.717) is 210 Å². The number of aliphatic hydroxyl groups excluding tert-OH is 1. The monoisotopic (exact) mass is 2130 g/mol. The largest absolute Gasteiger partial charge is 0.489 e. The minimum absolute atomic E-state index is 0.00187. The van der Waals surface area contributed by atoms with Crippen molar-refractivity contribution in [2.75, 3.05) is 158 Å². The summed E-state index contributed by atoms with van der Waals surface area (Å²) in [7, 11) is 3.99. The maximum Gasteiger partial charge on any atom is 0.282 e. The van der Waals surface area contributed by atoms with E-state index in [2.05, 4.69) is 132 Å². The molecule has 4 fully saturated rings. The maximum absolute atomic E-state index is 14.6. The van der Waals surface area contributed by atoms with Gasteiger partial charge in [0.25, 0.3) is 29.5 Å². The minimum Gasteiger partial charge on any atom is -0.489 e. The fraction of sp³-hybridized carbons (Fsp3) is 0.381. The summed E-state index contributed by atoms with van der Waals surface area (Å²) in [5.41, 5.74) is 7.10. The summed E-state index contributed by atoms with van der Waals surface area (Å²) < 4.78 is 92.5. The Morgan fingerprint density at radius 2 is 0.918 bits per heavy atom. The van der Waals surface area contributed by atoms with Crippen LogP contribution in [0.3, 0.4) is 0 Å². The quantitative estimate of drug-likeness (QED) is 0.0148. The highest BCUT2D eigenvalue weighted by molar-refractivity contribution is 7.21. The van der Waals surface area contributed by atoms with E-state index >= 15 is 0 Å². The molecule has 5 amide bonds. The number of para-hydroxylation sites is 1. The molecule has 147 heavy (non-hydrogen) atoms. The van der Waals surface area contributed by atoms with Gasteiger partial charge >= 0.3 is 0 Å². The molecule has 0 atom stereocenters. The summed E-state index contributed by atoms with van der Waals surface area (Å²) in [6, 6.07) is 20.9. The van der Waals surface area contributed by atoms with Gasteiger partial charge in [-0.15, -0.1) is 0 Å². The Kier molecular flexibility index (Phi) is 34.2. The van der Waals surface area contributed by atoms with Crippen molar-refractivity contribution >= 4 is 207 Å². The molecule has 6 aliphatic heterocycles. The summed E-state index contributed by atoms with van der Waals surface area (Å²) in [5, 5.41) is 38.3. The first-order valence-corrected chi connectivity index (χ1v) is 52.0. The summed E-state index contributed by atoms with van der Waals surface area (Å²) in [5.74, 6) is 0.396. The van der Waals surface area contributed by atoms with Crippen LogP contribution in [0.5, 0.6) is 17.2 Å². The van der Waals surface area contributed by atoms with Crippen LogP contribution in [0.25, 0.3) is 51.7 Å². The van der Waals surface area contributed by atoms with E-state index in [1.54, 1.807) is 35.2 Å². The van der Waals surface area contributed by atoms with Crippen molar-refractivity contribution in [2.45, 2.75) is 104 Å². The van der Waals surface area contributed by atoms with E-state index in [1.807, 2.05) is 71.5 Å². The molecule has 21 rings (SSSR count). The minimum atomic E-state index is -0.412. The summed E-state index contributed by atoms with van der Waals surface area (Å²) >= 11 is 12.0. The Morgan fingerprint density at radius 3 is 1.37 bits per heavy atom. The first-order valence-electron chi connectivity index (χ1n) is 47.5. The first-order chi connectivity index (χ1) is 71.0. The molecule has 0 saturated carbocycles. The number of nitrogens with zero attached hydrogens (tertiary/aromatic N) is 20. The van der Waals surface area contributed by atoms with Crippen molar-refractivity contribution in [3.8, 4) is 17.2 Å². The Hall–Kier alpha value is -13.6. The van der Waals surface area contributed by atoms with E-state index in [-0.39, 0.29) is 82.6 Å². The Bertz CT molecular complexity index is 7270. The smallest absolute Gasteiger partial charge is 0.282 e. The van der Waals surface area contributed by atoms with Crippen LogP contribution in [0, 0.1) is 34.5 Å². The summed E-state index contributed by atoms with van der Waals surface area (Å²) in [6.45, 7) is 24.2. The molecule has 10 aromatic heterocycles. The van der Waals surface area contributed by atoms with Crippen molar-refractivity contribution in [3.05, 3.63) is 187 Å². The molecule has 10 N–H and O–H groups in total. The molecule has 39 nitrogen and oxygen atoms in total. The molecule has 5 aromatic carbocycles. The standard InChI is InChI=1S/C21H26FN7O2S.C20H21FN6O2S.C19H17ClFN5O2S.C19H21FN6OS.C18H20FN5O3S/c1-13(2)31-16-11-14(22)3-4-15(16)27-18-17-20(26-12-25-18)32-21(28-17)19(30)24-7-10-29-8-5-23-6-9-29;1-11(2)29-14-5-12(21)3-4-13(14)25-16-15-17(24-10-23-16)30-18(26-15)19(28)27-8-20(9-27)6-22-7-20;20-11-7-10-1-4-26(15(10)13(21)8-11)16-14-18(23-9-22-16)29-19(25-14)17(27)24-12-2-5-28-6-3-12;1-25(2)9-4-8-21-17(27)19-24-14-16(22-11-23-18(14)28-19)26-10-7-12-5-3-6-13(20)15(12)26;1-10(2)27-13-8-11(19)4-5-12(13)23-15-14-17(22-9-21-15)28-18(24-14)16(26)20-6-3-7-25/h3-4,11-13,23H,5-10H2,1-2H3,(H,24,30)(H,25,26,27);3-5,10-11,22H,6-9H2,1-2H3,(H,23,24,25);7-9,12H,1-6H2,(H,24,27);3,5-6,11H,4,7-10H2,1-2H3,(H,21,27);4-5,8-10,25H,3,6-7H2,1-2H3,(H,20,26)(H,21,22,23). The van der Waals surface area contributed by atoms with Crippen LogP contribution >= 0.6 is 68.3 Å². The molecule has 16 heterocycles. The normalized spacial score (nSPS) is 14.7. The van der Waals surface area contributed by atoms with Gasteiger partial charge in [0.15, 0.2) is 54.1 Å². The molecule has 6 aliphatic rings. The third kappa shape index (κ3) is 25.8. The topological polar surface area (TPSA) is 460 Å². The Balaban J connectivity index is 0.000000126. The average Bonchev–Trinajstić information content (AvgIpc) is 1.54. The van der Waals surface area contributed by atoms with Gasteiger partial charge < -0.3 is 91.5 Å². The first kappa shape index (κ1) is 105. The van der Waals surface area contributed by atoms with Crippen LogP contribution in [0.4, 0.5) is 79.5 Å². The lowest BCUT2D eigenvalue weighted by atomic mass is 9.74. The van der Waals surface area contributed by atoms with E-state index in [4.69, 9.17) is 35.7 Å². The molecule has 4 saturated heterocycles. The van der Waals surface area contributed by atoms with E-state index < -0.39 is 17.5 Å². The second-order valence-electron chi connectivity index (χ2n) is 35.9. The molecule has 15 aromatic rings. The average molecular weight is 2130 g/mol. The molecular weight excluding hydrogens is 2020 g/mol. The molecule has 50 heteroatoms. The number of nitrogens with one attached hydrogen (secondary N) is 9. The van der Waals surface area contributed by atoms with Crippen molar-refractivity contribution in [3.63, 3.8) is 0 Å². The SMILES string of the molecule is CC(C)Oc1cc(F)ccc1Nc1ncnc2sc(C(=O)N3CC4(CNC4)C3)nc12.CC(C)Oc1cc(F)ccc1Nc1ncnc2sc(C(=O)NCCCO)nc12.CC(C)Oc1cc(F)ccc1Nc1ncnc2sc(C(=O)NCCN3CCNCC3)nc12.CN(C)CCCNC(=O)c1nc2c(N3CCc4cccc(F)c43)ncnc2s1.O=C(NC1CCOCC1)c1nc2c(N3CCc4cc(Cl)cc(F)c43)ncnc2s1. The van der Waals surface area contributed by atoms with Gasteiger partial charge in [0.05, 0.1) is 46.7 Å². The predicted molar refractivity (Wildman–Crippen MR) is 555 cm³/mol. The van der Waals surface area contributed by atoms with Crippen LogP contribution in [0.15, 0.2) is 117 Å². The van der Waals surface area contributed by atoms with Gasteiger partial charge in [-0.1, -0.05) is 80.4 Å². The number of aliphatic hydroxyl groups is 1. The number of ether oxygens (including phenoxy) is 4. The number of rotatable bonds is 30. The number of amides is 5. The molecule has 1 spiro atoms. The van der Waals surface area contributed by atoms with Crippen molar-refractivity contribution in [2.24, 2.45) is 5.41 Å². The number of piperazine rings is 1. The van der Waals surface area contributed by atoms with Crippen LogP contribution in [-0.4, -0.2) is 281 Å². The number of thiazole rings is 5. The number of halogens is 6. The zero-order valence-electron chi connectivity index (χ0n) is 81.1. The fourth-order valence-corrected chi connectivity index (χ4v) is 21.0. The van der Waals surface area contributed by atoms with Crippen LogP contribution in [-0.2, 0) is 17.6 Å². The Morgan fingerprint density at radius 1 is 0.497 bits per heavy atom. The van der Waals surface area contributed by atoms with Crippen LogP contribution in [0.2, 0.25) is 5.02 Å². The molecule has 770 valence electrons. The van der Waals surface area contributed by atoms with E-state index in [1.165, 1.54) is 126 Å². The van der Waals surface area contributed by atoms with Crippen LogP contribution < -0.4 is 71.9 Å². The number of benzene rings is 5. The number of hydrogen-bond donors (Lipinski definition) is 10. The maximum atomic E-state index is 14.6. The van der Waals surface area contributed by atoms with Gasteiger partial charge in [-0.05, 0) is 166 Å². The number of anilines is 10. The van der Waals surface area contributed by atoms with Gasteiger partial charge in [-0.3, -0.25) is 28.9 Å². The van der Waals surface area contributed by atoms with Crippen molar-refractivity contribution in [1.82, 2.24) is 121 Å². The lowest BCUT2D eigenvalue weighted by Crippen LogP contribution is -2.71. The molecule has 0 unspecified atom stereocenters. The fourth-order valence-electron chi connectivity index (χ4n) is 16.6. The highest BCUT2D eigenvalue weighted by Crippen LogP contribution is 2.45. The lowest BCUT2D eigenvalue weighted by molar-refractivity contribution is -0.0248. The number of hydrogen-bond acceptors (Lipinski definition) is 39. The number of fused-ring (bicyclic) bond motifs is 7. The van der Waals surface area contributed by atoms with E-state index in [0.717, 1.165) is 114 Å².